The van der Waals surface area contributed by atoms with E-state index in [4.69, 9.17) is 9.68 Å². The van der Waals surface area contributed by atoms with E-state index in [0.717, 1.165) is 22.1 Å². The van der Waals surface area contributed by atoms with Crippen LogP contribution in [0.2, 0.25) is 0 Å². The number of halogens is 1. The summed E-state index contributed by atoms with van der Waals surface area (Å²) < 4.78 is 6.38. The maximum Gasteiger partial charge on any atom is 0.178 e. The molecule has 0 bridgehead atoms. The number of benzene rings is 2. The van der Waals surface area contributed by atoms with Crippen molar-refractivity contribution in [2.75, 3.05) is 0 Å². The Balaban J connectivity index is 2.24. The van der Waals surface area contributed by atoms with E-state index in [1.807, 2.05) is 48.5 Å². The third-order valence-electron chi connectivity index (χ3n) is 2.86. The highest BCUT2D eigenvalue weighted by atomic mass is 79.9. The van der Waals surface area contributed by atoms with E-state index in [1.54, 1.807) is 0 Å². The fraction of sp³-hybridized carbons (Fsp3) is 0. The zero-order valence-corrected chi connectivity index (χ0v) is 10.9. The molecule has 3 aromatic rings. The summed E-state index contributed by atoms with van der Waals surface area (Å²) in [5, 5.41) is 9.87. The Hall–Kier alpha value is -2.05. The van der Waals surface area contributed by atoms with Crippen molar-refractivity contribution in [1.29, 1.82) is 5.26 Å². The van der Waals surface area contributed by atoms with E-state index in [0.29, 0.717) is 10.2 Å². The summed E-state index contributed by atoms with van der Waals surface area (Å²) in [6, 6.07) is 17.5. The standard InChI is InChI=1S/C15H8BrNO/c16-15-14(11-7-5-10(9-17)6-8-11)12-3-1-2-4-13(12)18-15/h1-8H. The summed E-state index contributed by atoms with van der Waals surface area (Å²) in [6.07, 6.45) is 0. The number of nitrogens with zero attached hydrogens (tertiary/aromatic N) is 1. The summed E-state index contributed by atoms with van der Waals surface area (Å²) >= 11 is 3.45. The van der Waals surface area contributed by atoms with Gasteiger partial charge in [0.25, 0.3) is 0 Å². The molecule has 18 heavy (non-hydrogen) atoms. The number of hydrogen-bond donors (Lipinski definition) is 0. The Morgan fingerprint density at radius 3 is 2.44 bits per heavy atom. The van der Waals surface area contributed by atoms with Gasteiger partial charge < -0.3 is 4.42 Å². The van der Waals surface area contributed by atoms with Gasteiger partial charge in [-0.2, -0.15) is 5.26 Å². The average molecular weight is 298 g/mol. The maximum absolute atomic E-state index is 8.81. The zero-order chi connectivity index (χ0) is 12.5. The second-order valence-electron chi connectivity index (χ2n) is 3.94. The van der Waals surface area contributed by atoms with Gasteiger partial charge in [-0.05, 0) is 39.7 Å². The van der Waals surface area contributed by atoms with Crippen LogP contribution in [0.4, 0.5) is 0 Å². The van der Waals surface area contributed by atoms with E-state index < -0.39 is 0 Å². The molecule has 0 amide bonds. The monoisotopic (exact) mass is 297 g/mol. The Labute approximate surface area is 113 Å². The highest BCUT2D eigenvalue weighted by Crippen LogP contribution is 2.37. The second-order valence-corrected chi connectivity index (χ2v) is 4.66. The molecule has 0 N–H and O–H groups in total. The molecule has 0 saturated heterocycles. The molecule has 1 aromatic heterocycles. The fourth-order valence-electron chi connectivity index (χ4n) is 2.00. The predicted molar refractivity (Wildman–Crippen MR) is 74.1 cm³/mol. The molecule has 0 atom stereocenters. The van der Waals surface area contributed by atoms with Crippen molar-refractivity contribution in [3.8, 4) is 17.2 Å². The molecule has 86 valence electrons. The van der Waals surface area contributed by atoms with Crippen LogP contribution in [0.25, 0.3) is 22.1 Å². The minimum Gasteiger partial charge on any atom is -0.449 e. The first-order chi connectivity index (χ1) is 8.79. The molecule has 0 aliphatic rings. The van der Waals surface area contributed by atoms with Crippen LogP contribution in [0.1, 0.15) is 5.56 Å². The molecule has 0 radical (unpaired) electrons. The minimum absolute atomic E-state index is 0.655. The minimum atomic E-state index is 0.655. The lowest BCUT2D eigenvalue weighted by Crippen LogP contribution is -1.78. The van der Waals surface area contributed by atoms with Crippen molar-refractivity contribution in [2.24, 2.45) is 0 Å². The number of rotatable bonds is 1. The van der Waals surface area contributed by atoms with Gasteiger partial charge in [0.05, 0.1) is 11.6 Å². The van der Waals surface area contributed by atoms with Crippen molar-refractivity contribution in [3.63, 3.8) is 0 Å². The third kappa shape index (κ3) is 1.71. The Kier molecular flexibility index (Phi) is 2.66. The van der Waals surface area contributed by atoms with Crippen LogP contribution in [-0.2, 0) is 0 Å². The summed E-state index contributed by atoms with van der Waals surface area (Å²) in [6.45, 7) is 0. The van der Waals surface area contributed by atoms with Gasteiger partial charge in [0, 0.05) is 10.9 Å². The molecule has 0 aliphatic carbocycles. The molecule has 2 nitrogen and oxygen atoms in total. The van der Waals surface area contributed by atoms with E-state index in [1.165, 1.54) is 0 Å². The fourth-order valence-corrected chi connectivity index (χ4v) is 2.61. The molecule has 1 heterocycles. The summed E-state index contributed by atoms with van der Waals surface area (Å²) in [5.74, 6) is 0. The summed E-state index contributed by atoms with van der Waals surface area (Å²) in [7, 11) is 0. The molecule has 0 spiro atoms. The Morgan fingerprint density at radius 2 is 1.72 bits per heavy atom. The van der Waals surface area contributed by atoms with E-state index in [2.05, 4.69) is 22.0 Å². The first kappa shape index (κ1) is 11.1. The Bertz CT molecular complexity index is 750. The van der Waals surface area contributed by atoms with Crippen LogP contribution in [0.3, 0.4) is 0 Å². The van der Waals surface area contributed by atoms with E-state index in [-0.39, 0.29) is 0 Å². The summed E-state index contributed by atoms with van der Waals surface area (Å²) in [5.41, 5.74) is 3.56. The number of furan rings is 1. The highest BCUT2D eigenvalue weighted by molar-refractivity contribution is 9.10. The lowest BCUT2D eigenvalue weighted by Gasteiger charge is -1.99. The van der Waals surface area contributed by atoms with Crippen molar-refractivity contribution in [2.45, 2.75) is 0 Å². The van der Waals surface area contributed by atoms with E-state index in [9.17, 15) is 0 Å². The smallest absolute Gasteiger partial charge is 0.178 e. The predicted octanol–water partition coefficient (Wildman–Crippen LogP) is 4.73. The van der Waals surface area contributed by atoms with Crippen molar-refractivity contribution in [1.82, 2.24) is 0 Å². The molecule has 0 fully saturated rings. The molecule has 2 aromatic carbocycles. The number of para-hydroxylation sites is 1. The average Bonchev–Trinajstić information content (AvgIpc) is 2.75. The molecular weight excluding hydrogens is 290 g/mol. The topological polar surface area (TPSA) is 36.9 Å². The van der Waals surface area contributed by atoms with Gasteiger partial charge in [0.2, 0.25) is 0 Å². The lowest BCUT2D eigenvalue weighted by atomic mass is 10.0. The molecule has 3 rings (SSSR count). The first-order valence-electron chi connectivity index (χ1n) is 5.47. The zero-order valence-electron chi connectivity index (χ0n) is 9.35. The van der Waals surface area contributed by atoms with Crippen molar-refractivity contribution in [3.05, 3.63) is 58.8 Å². The molecule has 3 heteroatoms. The molecular formula is C15H8BrNO. The number of fused-ring (bicyclic) bond motifs is 1. The van der Waals surface area contributed by atoms with E-state index >= 15 is 0 Å². The van der Waals surface area contributed by atoms with Gasteiger partial charge in [-0.3, -0.25) is 0 Å². The maximum atomic E-state index is 8.81. The first-order valence-corrected chi connectivity index (χ1v) is 6.26. The van der Waals surface area contributed by atoms with Crippen LogP contribution in [0.15, 0.2) is 57.6 Å². The van der Waals surface area contributed by atoms with Gasteiger partial charge in [0.15, 0.2) is 4.67 Å². The van der Waals surface area contributed by atoms with Crippen LogP contribution in [0.5, 0.6) is 0 Å². The lowest BCUT2D eigenvalue weighted by molar-refractivity contribution is 0.589. The van der Waals surface area contributed by atoms with Gasteiger partial charge in [-0.15, -0.1) is 0 Å². The number of hydrogen-bond acceptors (Lipinski definition) is 2. The second kappa shape index (κ2) is 4.32. The van der Waals surface area contributed by atoms with Crippen LogP contribution < -0.4 is 0 Å². The van der Waals surface area contributed by atoms with Crippen LogP contribution in [-0.4, -0.2) is 0 Å². The molecule has 0 saturated carbocycles. The largest absolute Gasteiger partial charge is 0.449 e. The normalized spacial score (nSPS) is 10.4. The van der Waals surface area contributed by atoms with Gasteiger partial charge >= 0.3 is 0 Å². The van der Waals surface area contributed by atoms with Crippen LogP contribution in [0, 0.1) is 11.3 Å². The van der Waals surface area contributed by atoms with Crippen molar-refractivity contribution >= 4 is 26.9 Å². The van der Waals surface area contributed by atoms with Gasteiger partial charge in [0.1, 0.15) is 5.58 Å². The molecule has 0 unspecified atom stereocenters. The SMILES string of the molecule is N#Cc1ccc(-c2c(Br)oc3ccccc23)cc1. The quantitative estimate of drug-likeness (QED) is 0.651. The van der Waals surface area contributed by atoms with Gasteiger partial charge in [-0.25, -0.2) is 0 Å². The summed E-state index contributed by atoms with van der Waals surface area (Å²) in [4.78, 5) is 0. The molecule has 0 aliphatic heterocycles. The van der Waals surface area contributed by atoms with Crippen molar-refractivity contribution < 1.29 is 4.42 Å². The van der Waals surface area contributed by atoms with Crippen LogP contribution >= 0.6 is 15.9 Å². The number of nitriles is 1. The Morgan fingerprint density at radius 1 is 1.00 bits per heavy atom. The van der Waals surface area contributed by atoms with Gasteiger partial charge in [-0.1, -0.05) is 30.3 Å². The highest BCUT2D eigenvalue weighted by Gasteiger charge is 2.13. The third-order valence-corrected chi connectivity index (χ3v) is 3.41.